The number of amides is 1. The lowest BCUT2D eigenvalue weighted by molar-refractivity contribution is -0.137. The number of anilines is 1. The van der Waals surface area contributed by atoms with E-state index in [4.69, 9.17) is 0 Å². The molecule has 7 heteroatoms. The number of carbonyl (C=O) groups excluding carboxylic acids is 1. The highest BCUT2D eigenvalue weighted by molar-refractivity contribution is 7.13. The number of aryl methyl sites for hydroxylation is 2. The Morgan fingerprint density at radius 1 is 1.20 bits per heavy atom. The molecule has 0 aliphatic carbocycles. The summed E-state index contributed by atoms with van der Waals surface area (Å²) in [6.07, 6.45) is -4.38. The third-order valence-electron chi connectivity index (χ3n) is 2.58. The van der Waals surface area contributed by atoms with E-state index in [1.807, 2.05) is 0 Å². The number of hydrogen-bond acceptors (Lipinski definition) is 3. The fraction of sp³-hybridized carbons (Fsp3) is 0.231. The van der Waals surface area contributed by atoms with Gasteiger partial charge in [0, 0.05) is 5.69 Å². The summed E-state index contributed by atoms with van der Waals surface area (Å²) < 4.78 is 37.2. The molecule has 0 fully saturated rings. The second-order valence-electron chi connectivity index (χ2n) is 4.18. The van der Waals surface area contributed by atoms with Gasteiger partial charge in [-0.3, -0.25) is 4.79 Å². The lowest BCUT2D eigenvalue weighted by Crippen LogP contribution is -2.12. The summed E-state index contributed by atoms with van der Waals surface area (Å²) in [4.78, 5) is 16.6. The number of alkyl halides is 3. The number of carbonyl (C=O) groups is 1. The molecule has 1 aromatic heterocycles. The van der Waals surface area contributed by atoms with Gasteiger partial charge in [-0.25, -0.2) is 4.98 Å². The number of hydrogen-bond donors (Lipinski definition) is 1. The van der Waals surface area contributed by atoms with Crippen LogP contribution in [0.2, 0.25) is 0 Å². The smallest absolute Gasteiger partial charge is 0.321 e. The molecular weight excluding hydrogens is 289 g/mol. The normalized spacial score (nSPS) is 11.4. The number of nitrogens with zero attached hydrogens (tertiary/aromatic N) is 1. The molecule has 0 aliphatic heterocycles. The van der Waals surface area contributed by atoms with Gasteiger partial charge in [-0.15, -0.1) is 11.3 Å². The first-order valence-electron chi connectivity index (χ1n) is 5.70. The van der Waals surface area contributed by atoms with E-state index in [1.54, 1.807) is 13.8 Å². The van der Waals surface area contributed by atoms with E-state index in [1.165, 1.54) is 23.5 Å². The Morgan fingerprint density at radius 3 is 2.25 bits per heavy atom. The molecule has 1 N–H and O–H groups in total. The van der Waals surface area contributed by atoms with Crippen LogP contribution < -0.4 is 5.32 Å². The van der Waals surface area contributed by atoms with Crippen molar-refractivity contribution < 1.29 is 18.0 Å². The largest absolute Gasteiger partial charge is 0.416 e. The molecule has 0 saturated heterocycles. The molecule has 20 heavy (non-hydrogen) atoms. The Labute approximate surface area is 117 Å². The Hall–Kier alpha value is -1.89. The lowest BCUT2D eigenvalue weighted by Gasteiger charge is -2.08. The second kappa shape index (κ2) is 5.24. The van der Waals surface area contributed by atoms with Crippen LogP contribution in [0.3, 0.4) is 0 Å². The second-order valence-corrected chi connectivity index (χ2v) is 5.38. The summed E-state index contributed by atoms with van der Waals surface area (Å²) in [7, 11) is 0. The van der Waals surface area contributed by atoms with E-state index in [2.05, 4.69) is 10.3 Å². The molecule has 2 aromatic rings. The van der Waals surface area contributed by atoms with Crippen LogP contribution >= 0.6 is 11.3 Å². The molecule has 2 rings (SSSR count). The van der Waals surface area contributed by atoms with E-state index in [9.17, 15) is 18.0 Å². The molecule has 1 aromatic carbocycles. The number of benzene rings is 1. The number of thiazole rings is 1. The van der Waals surface area contributed by atoms with Crippen LogP contribution in [0.1, 0.15) is 25.9 Å². The zero-order valence-electron chi connectivity index (χ0n) is 10.7. The molecule has 1 heterocycles. The third kappa shape index (κ3) is 3.16. The molecule has 0 saturated carbocycles. The number of nitrogens with one attached hydrogen (secondary N) is 1. The fourth-order valence-electron chi connectivity index (χ4n) is 1.67. The summed E-state index contributed by atoms with van der Waals surface area (Å²) >= 11 is 1.25. The van der Waals surface area contributed by atoms with Crippen LogP contribution in [0.5, 0.6) is 0 Å². The Morgan fingerprint density at radius 2 is 1.80 bits per heavy atom. The summed E-state index contributed by atoms with van der Waals surface area (Å²) in [5.41, 5.74) is 0.172. The van der Waals surface area contributed by atoms with Crippen molar-refractivity contribution in [3.05, 3.63) is 45.4 Å². The number of rotatable bonds is 2. The average Bonchev–Trinajstić information content (AvgIpc) is 2.68. The molecular formula is C13H11F3N2OS. The third-order valence-corrected chi connectivity index (χ3v) is 3.65. The standard InChI is InChI=1S/C13H11F3N2OS/c1-7-11(20-8(2)17-7)12(19)18-10-5-3-9(4-6-10)13(14,15)16/h3-6H,1-2H3,(H,18,19). The zero-order chi connectivity index (χ0) is 14.9. The summed E-state index contributed by atoms with van der Waals surface area (Å²) in [6, 6.07) is 4.31. The van der Waals surface area contributed by atoms with E-state index >= 15 is 0 Å². The Bertz CT molecular complexity index is 632. The summed E-state index contributed by atoms with van der Waals surface area (Å²) in [6.45, 7) is 3.50. The van der Waals surface area contributed by atoms with Crippen LogP contribution in [-0.2, 0) is 6.18 Å². The van der Waals surface area contributed by atoms with E-state index in [0.717, 1.165) is 17.1 Å². The minimum absolute atomic E-state index is 0.313. The predicted octanol–water partition coefficient (Wildman–Crippen LogP) is 4.03. The van der Waals surface area contributed by atoms with E-state index < -0.39 is 11.7 Å². The van der Waals surface area contributed by atoms with Crippen molar-refractivity contribution in [2.75, 3.05) is 5.32 Å². The van der Waals surface area contributed by atoms with Gasteiger partial charge in [0.2, 0.25) is 0 Å². The Kier molecular flexibility index (Phi) is 3.80. The highest BCUT2D eigenvalue weighted by Crippen LogP contribution is 2.30. The molecule has 106 valence electrons. The van der Waals surface area contributed by atoms with Gasteiger partial charge >= 0.3 is 6.18 Å². The van der Waals surface area contributed by atoms with Gasteiger partial charge in [-0.05, 0) is 38.1 Å². The van der Waals surface area contributed by atoms with Crippen LogP contribution in [0.25, 0.3) is 0 Å². The molecule has 0 bridgehead atoms. The van der Waals surface area contributed by atoms with Crippen molar-refractivity contribution in [2.45, 2.75) is 20.0 Å². The maximum atomic E-state index is 12.4. The topological polar surface area (TPSA) is 42.0 Å². The summed E-state index contributed by atoms with van der Waals surface area (Å²) in [5, 5.41) is 3.32. The van der Waals surface area contributed by atoms with Gasteiger partial charge in [-0.2, -0.15) is 13.2 Å². The molecule has 1 amide bonds. The monoisotopic (exact) mass is 300 g/mol. The number of halogens is 3. The molecule has 0 atom stereocenters. The maximum Gasteiger partial charge on any atom is 0.416 e. The van der Waals surface area contributed by atoms with Gasteiger partial charge in [0.05, 0.1) is 16.3 Å². The van der Waals surface area contributed by atoms with Crippen LogP contribution in [0, 0.1) is 13.8 Å². The molecule has 0 aliphatic rings. The minimum Gasteiger partial charge on any atom is -0.321 e. The predicted molar refractivity (Wildman–Crippen MR) is 71.0 cm³/mol. The van der Waals surface area contributed by atoms with Crippen molar-refractivity contribution in [1.29, 1.82) is 0 Å². The van der Waals surface area contributed by atoms with Crippen molar-refractivity contribution in [2.24, 2.45) is 0 Å². The quantitative estimate of drug-likeness (QED) is 0.909. The first-order valence-corrected chi connectivity index (χ1v) is 6.51. The van der Waals surface area contributed by atoms with Gasteiger partial charge in [0.1, 0.15) is 4.88 Å². The van der Waals surface area contributed by atoms with Crippen molar-refractivity contribution in [3.8, 4) is 0 Å². The van der Waals surface area contributed by atoms with Gasteiger partial charge in [0.15, 0.2) is 0 Å². The van der Waals surface area contributed by atoms with Crippen LogP contribution in [-0.4, -0.2) is 10.9 Å². The lowest BCUT2D eigenvalue weighted by atomic mass is 10.2. The maximum absolute atomic E-state index is 12.4. The van der Waals surface area contributed by atoms with Crippen LogP contribution in [0.4, 0.5) is 18.9 Å². The first-order chi connectivity index (χ1) is 9.27. The zero-order valence-corrected chi connectivity index (χ0v) is 11.5. The minimum atomic E-state index is -4.38. The van der Waals surface area contributed by atoms with E-state index in [-0.39, 0.29) is 5.91 Å². The van der Waals surface area contributed by atoms with Crippen molar-refractivity contribution in [3.63, 3.8) is 0 Å². The first kappa shape index (κ1) is 14.5. The van der Waals surface area contributed by atoms with Gasteiger partial charge in [-0.1, -0.05) is 0 Å². The fourth-order valence-corrected chi connectivity index (χ4v) is 2.49. The summed E-state index contributed by atoms with van der Waals surface area (Å²) in [5.74, 6) is -0.368. The molecule has 3 nitrogen and oxygen atoms in total. The number of aromatic nitrogens is 1. The van der Waals surface area contributed by atoms with Crippen molar-refractivity contribution in [1.82, 2.24) is 4.98 Å². The van der Waals surface area contributed by atoms with E-state index in [0.29, 0.717) is 16.3 Å². The Balaban J connectivity index is 2.14. The average molecular weight is 300 g/mol. The molecule has 0 spiro atoms. The van der Waals surface area contributed by atoms with Gasteiger partial charge < -0.3 is 5.32 Å². The molecule has 0 radical (unpaired) electrons. The molecule has 0 unspecified atom stereocenters. The highest BCUT2D eigenvalue weighted by atomic mass is 32.1. The van der Waals surface area contributed by atoms with Crippen LogP contribution in [0.15, 0.2) is 24.3 Å². The van der Waals surface area contributed by atoms with Gasteiger partial charge in [0.25, 0.3) is 5.91 Å². The SMILES string of the molecule is Cc1nc(C)c(C(=O)Nc2ccc(C(F)(F)F)cc2)s1. The highest BCUT2D eigenvalue weighted by Gasteiger charge is 2.30. The van der Waals surface area contributed by atoms with Crippen molar-refractivity contribution >= 4 is 22.9 Å².